The van der Waals surface area contributed by atoms with Gasteiger partial charge in [-0.15, -0.1) is 0 Å². The zero-order chi connectivity index (χ0) is 15.1. The van der Waals surface area contributed by atoms with Gasteiger partial charge in [0.1, 0.15) is 0 Å². The van der Waals surface area contributed by atoms with E-state index in [4.69, 9.17) is 5.53 Å². The van der Waals surface area contributed by atoms with Gasteiger partial charge in [-0.2, -0.15) is 0 Å². The molecule has 0 heterocycles. The number of sulfonamides is 1. The van der Waals surface area contributed by atoms with Gasteiger partial charge in [0, 0.05) is 11.5 Å². The monoisotopic (exact) mass is 302 g/mol. The number of azide groups is 1. The van der Waals surface area contributed by atoms with Crippen molar-refractivity contribution in [3.8, 4) is 0 Å². The van der Waals surface area contributed by atoms with E-state index in [1.54, 1.807) is 42.5 Å². The van der Waals surface area contributed by atoms with Crippen molar-refractivity contribution in [2.45, 2.75) is 10.9 Å². The average molecular weight is 302 g/mol. The molecular formula is C14H14N4O2S. The topological polar surface area (TPSA) is 94.9 Å². The highest BCUT2D eigenvalue weighted by Crippen LogP contribution is 2.17. The van der Waals surface area contributed by atoms with Gasteiger partial charge >= 0.3 is 0 Å². The van der Waals surface area contributed by atoms with E-state index >= 15 is 0 Å². The normalized spacial score (nSPS) is 12.4. The van der Waals surface area contributed by atoms with Crippen LogP contribution < -0.4 is 4.72 Å². The van der Waals surface area contributed by atoms with Crippen LogP contribution >= 0.6 is 0 Å². The fourth-order valence-corrected chi connectivity index (χ4v) is 2.89. The van der Waals surface area contributed by atoms with E-state index < -0.39 is 16.1 Å². The van der Waals surface area contributed by atoms with Gasteiger partial charge in [-0.25, -0.2) is 13.1 Å². The summed E-state index contributed by atoms with van der Waals surface area (Å²) in [6, 6.07) is 16.5. The van der Waals surface area contributed by atoms with E-state index in [1.165, 1.54) is 12.1 Å². The Morgan fingerprint density at radius 2 is 1.62 bits per heavy atom. The van der Waals surface area contributed by atoms with E-state index in [0.29, 0.717) is 0 Å². The molecule has 1 unspecified atom stereocenters. The van der Waals surface area contributed by atoms with Crippen LogP contribution in [0.25, 0.3) is 10.4 Å². The standard InChI is InChI=1S/C14H14N4O2S/c15-18-17-14(12-7-3-1-4-8-12)11-16-21(19,20)13-9-5-2-6-10-13/h1-10,14,16H,11H2. The first-order valence-electron chi connectivity index (χ1n) is 6.27. The second kappa shape index (κ2) is 6.90. The zero-order valence-electron chi connectivity index (χ0n) is 11.1. The highest BCUT2D eigenvalue weighted by Gasteiger charge is 2.16. The Hall–Kier alpha value is -2.34. The van der Waals surface area contributed by atoms with Gasteiger partial charge in [0.15, 0.2) is 0 Å². The summed E-state index contributed by atoms with van der Waals surface area (Å²) in [4.78, 5) is 2.95. The summed E-state index contributed by atoms with van der Waals surface area (Å²) in [5.41, 5.74) is 9.38. The first-order chi connectivity index (χ1) is 10.1. The van der Waals surface area contributed by atoms with Crippen LogP contribution in [-0.2, 0) is 10.0 Å². The highest BCUT2D eigenvalue weighted by atomic mass is 32.2. The SMILES string of the molecule is [N-]=[N+]=NC(CNS(=O)(=O)c1ccccc1)c1ccccc1. The number of rotatable bonds is 6. The maximum Gasteiger partial charge on any atom is 0.240 e. The van der Waals surface area contributed by atoms with Crippen LogP contribution in [0.5, 0.6) is 0 Å². The van der Waals surface area contributed by atoms with Crippen LogP contribution in [-0.4, -0.2) is 15.0 Å². The summed E-state index contributed by atoms with van der Waals surface area (Å²) in [6.45, 7) is 0.00526. The Kier molecular flexibility index (Phi) is 4.94. The Morgan fingerprint density at radius 3 is 2.19 bits per heavy atom. The van der Waals surface area contributed by atoms with Crippen molar-refractivity contribution in [1.29, 1.82) is 0 Å². The molecule has 21 heavy (non-hydrogen) atoms. The molecule has 0 radical (unpaired) electrons. The van der Waals surface area contributed by atoms with Crippen molar-refractivity contribution < 1.29 is 8.42 Å². The summed E-state index contributed by atoms with van der Waals surface area (Å²) in [7, 11) is -3.61. The van der Waals surface area contributed by atoms with Gasteiger partial charge in [-0.05, 0) is 23.2 Å². The fraction of sp³-hybridized carbons (Fsp3) is 0.143. The lowest BCUT2D eigenvalue weighted by Gasteiger charge is -2.13. The Labute approximate surface area is 123 Å². The average Bonchev–Trinajstić information content (AvgIpc) is 2.53. The molecule has 0 amide bonds. The van der Waals surface area contributed by atoms with Crippen LogP contribution in [0.15, 0.2) is 70.7 Å². The van der Waals surface area contributed by atoms with Gasteiger partial charge in [-0.1, -0.05) is 53.6 Å². The Balaban J connectivity index is 2.15. The second-order valence-electron chi connectivity index (χ2n) is 4.30. The molecule has 0 aliphatic heterocycles. The second-order valence-corrected chi connectivity index (χ2v) is 6.06. The predicted octanol–water partition coefficient (Wildman–Crippen LogP) is 3.02. The minimum atomic E-state index is -3.61. The molecule has 0 aromatic heterocycles. The molecule has 0 bridgehead atoms. The maximum absolute atomic E-state index is 12.1. The van der Waals surface area contributed by atoms with E-state index in [2.05, 4.69) is 14.7 Å². The molecule has 7 heteroatoms. The summed E-state index contributed by atoms with van der Waals surface area (Å²) in [5.74, 6) is 0. The molecule has 108 valence electrons. The van der Waals surface area contributed by atoms with Gasteiger partial charge in [0.25, 0.3) is 0 Å². The third-order valence-electron chi connectivity index (χ3n) is 2.90. The molecule has 0 spiro atoms. The molecule has 0 saturated carbocycles. The molecule has 6 nitrogen and oxygen atoms in total. The molecule has 2 aromatic carbocycles. The minimum absolute atomic E-state index is 0.00526. The number of nitrogens with one attached hydrogen (secondary N) is 1. The van der Waals surface area contributed by atoms with Crippen molar-refractivity contribution in [1.82, 2.24) is 4.72 Å². The lowest BCUT2D eigenvalue weighted by atomic mass is 10.1. The first-order valence-corrected chi connectivity index (χ1v) is 7.75. The lowest BCUT2D eigenvalue weighted by molar-refractivity contribution is 0.572. The zero-order valence-corrected chi connectivity index (χ0v) is 11.9. The van der Waals surface area contributed by atoms with Gasteiger partial charge in [0.05, 0.1) is 10.9 Å². The lowest BCUT2D eigenvalue weighted by Crippen LogP contribution is -2.27. The number of benzene rings is 2. The molecule has 0 saturated heterocycles. The molecule has 0 fully saturated rings. The molecule has 2 aromatic rings. The van der Waals surface area contributed by atoms with Crippen LogP contribution in [0, 0.1) is 0 Å². The van der Waals surface area contributed by atoms with Gasteiger partial charge in [-0.3, -0.25) is 0 Å². The van der Waals surface area contributed by atoms with E-state index in [0.717, 1.165) is 5.56 Å². The predicted molar refractivity (Wildman–Crippen MR) is 80.0 cm³/mol. The Morgan fingerprint density at radius 1 is 1.05 bits per heavy atom. The number of nitrogens with zero attached hydrogens (tertiary/aromatic N) is 3. The quantitative estimate of drug-likeness (QED) is 0.504. The van der Waals surface area contributed by atoms with Crippen molar-refractivity contribution in [2.75, 3.05) is 6.54 Å². The number of hydrogen-bond acceptors (Lipinski definition) is 3. The molecule has 0 aliphatic rings. The third-order valence-corrected chi connectivity index (χ3v) is 4.34. The van der Waals surface area contributed by atoms with E-state index in [9.17, 15) is 8.42 Å². The van der Waals surface area contributed by atoms with Crippen molar-refractivity contribution in [2.24, 2.45) is 5.11 Å². The minimum Gasteiger partial charge on any atom is -0.210 e. The van der Waals surface area contributed by atoms with Crippen LogP contribution in [0.3, 0.4) is 0 Å². The van der Waals surface area contributed by atoms with Crippen LogP contribution in [0.4, 0.5) is 0 Å². The van der Waals surface area contributed by atoms with Crippen LogP contribution in [0.1, 0.15) is 11.6 Å². The summed E-state index contributed by atoms with van der Waals surface area (Å²) >= 11 is 0. The molecule has 2 rings (SSSR count). The van der Waals surface area contributed by atoms with Gasteiger partial charge in [0.2, 0.25) is 10.0 Å². The molecule has 1 atom stereocenters. The first kappa shape index (κ1) is 15.1. The number of hydrogen-bond donors (Lipinski definition) is 1. The van der Waals surface area contributed by atoms with Crippen molar-refractivity contribution >= 4 is 10.0 Å². The maximum atomic E-state index is 12.1. The smallest absolute Gasteiger partial charge is 0.210 e. The van der Waals surface area contributed by atoms with Gasteiger partial charge < -0.3 is 0 Å². The van der Waals surface area contributed by atoms with E-state index in [-0.39, 0.29) is 11.4 Å². The van der Waals surface area contributed by atoms with Crippen molar-refractivity contribution in [3.05, 3.63) is 76.7 Å². The molecule has 1 N–H and O–H groups in total. The largest absolute Gasteiger partial charge is 0.240 e. The summed E-state index contributed by atoms with van der Waals surface area (Å²) < 4.78 is 26.7. The van der Waals surface area contributed by atoms with Crippen molar-refractivity contribution in [3.63, 3.8) is 0 Å². The molecular weight excluding hydrogens is 288 g/mol. The molecule has 0 aliphatic carbocycles. The summed E-state index contributed by atoms with van der Waals surface area (Å²) in [5, 5.41) is 3.64. The third kappa shape index (κ3) is 4.06. The summed E-state index contributed by atoms with van der Waals surface area (Å²) in [6.07, 6.45) is 0. The Bertz CT molecular complexity index is 726. The van der Waals surface area contributed by atoms with E-state index in [1.807, 2.05) is 6.07 Å². The van der Waals surface area contributed by atoms with Crippen LogP contribution in [0.2, 0.25) is 0 Å². The fourth-order valence-electron chi connectivity index (χ4n) is 1.83. The highest BCUT2D eigenvalue weighted by molar-refractivity contribution is 7.89.